The van der Waals surface area contributed by atoms with E-state index in [9.17, 15) is 8.42 Å². The molecule has 0 aromatic carbocycles. The molecule has 0 saturated carbocycles. The van der Waals surface area contributed by atoms with E-state index in [0.717, 1.165) is 0 Å². The molecule has 98 valence electrons. The van der Waals surface area contributed by atoms with Crippen LogP contribution >= 0.6 is 0 Å². The second-order valence-corrected chi connectivity index (χ2v) is 6.07. The molecule has 0 spiro atoms. The molecular weight excluding hydrogens is 240 g/mol. The third-order valence-corrected chi connectivity index (χ3v) is 4.29. The summed E-state index contributed by atoms with van der Waals surface area (Å²) < 4.78 is 26.3. The fraction of sp³-hybridized carbons (Fsp3) is 0.700. The van der Waals surface area contributed by atoms with Gasteiger partial charge in [0.05, 0.1) is 11.9 Å². The van der Waals surface area contributed by atoms with Crippen LogP contribution in [0, 0.1) is 6.92 Å². The first kappa shape index (κ1) is 14.1. The van der Waals surface area contributed by atoms with Crippen molar-refractivity contribution in [1.82, 2.24) is 19.8 Å². The average molecular weight is 260 g/mol. The number of hydrogen-bond acceptors (Lipinski definition) is 4. The maximum atomic E-state index is 11.9. The molecular formula is C10H20N4O2S. The SMILES string of the molecule is Cc1[nH]ncc1S(=O)(=O)NCCN(C)C(C)C. The molecule has 0 aliphatic rings. The van der Waals surface area contributed by atoms with E-state index in [0.29, 0.717) is 24.8 Å². The Kier molecular flexibility index (Phi) is 4.67. The number of aromatic nitrogens is 2. The Hall–Kier alpha value is -0.920. The van der Waals surface area contributed by atoms with E-state index in [4.69, 9.17) is 0 Å². The second kappa shape index (κ2) is 5.61. The lowest BCUT2D eigenvalue weighted by atomic mass is 10.3. The maximum absolute atomic E-state index is 11.9. The lowest BCUT2D eigenvalue weighted by Crippen LogP contribution is -2.36. The molecule has 7 heteroatoms. The van der Waals surface area contributed by atoms with Crippen molar-refractivity contribution in [2.45, 2.75) is 31.7 Å². The standard InChI is InChI=1S/C10H20N4O2S/c1-8(2)14(4)6-5-12-17(15,16)10-7-11-13-9(10)3/h7-8,12H,5-6H2,1-4H3,(H,11,13). The summed E-state index contributed by atoms with van der Waals surface area (Å²) in [5.74, 6) is 0. The number of H-pyrrole nitrogens is 1. The van der Waals surface area contributed by atoms with Crippen LogP contribution in [0.15, 0.2) is 11.1 Å². The molecule has 0 amide bonds. The van der Waals surface area contributed by atoms with Crippen molar-refractivity contribution in [3.8, 4) is 0 Å². The molecule has 1 aromatic heterocycles. The van der Waals surface area contributed by atoms with Crippen molar-refractivity contribution in [3.63, 3.8) is 0 Å². The molecule has 1 rings (SSSR count). The number of nitrogens with one attached hydrogen (secondary N) is 2. The van der Waals surface area contributed by atoms with Crippen molar-refractivity contribution in [2.24, 2.45) is 0 Å². The van der Waals surface area contributed by atoms with Gasteiger partial charge in [-0.3, -0.25) is 5.10 Å². The van der Waals surface area contributed by atoms with Crippen molar-refractivity contribution in [3.05, 3.63) is 11.9 Å². The normalized spacial score (nSPS) is 12.6. The molecule has 17 heavy (non-hydrogen) atoms. The highest BCUT2D eigenvalue weighted by atomic mass is 32.2. The Labute approximate surface area is 102 Å². The predicted octanol–water partition coefficient (Wildman–Crippen LogP) is 0.337. The lowest BCUT2D eigenvalue weighted by Gasteiger charge is -2.20. The summed E-state index contributed by atoms with van der Waals surface area (Å²) in [4.78, 5) is 2.29. The fourth-order valence-electron chi connectivity index (χ4n) is 1.30. The second-order valence-electron chi connectivity index (χ2n) is 4.33. The zero-order valence-electron chi connectivity index (χ0n) is 10.7. The number of rotatable bonds is 6. The average Bonchev–Trinajstić information content (AvgIpc) is 2.64. The number of aromatic amines is 1. The summed E-state index contributed by atoms with van der Waals surface area (Å²) in [6.45, 7) is 6.88. The van der Waals surface area contributed by atoms with Crippen molar-refractivity contribution >= 4 is 10.0 Å². The van der Waals surface area contributed by atoms with Crippen LogP contribution in [0.5, 0.6) is 0 Å². The van der Waals surface area contributed by atoms with Gasteiger partial charge in [-0.1, -0.05) is 0 Å². The molecule has 1 aromatic rings. The van der Waals surface area contributed by atoms with Crippen LogP contribution in [0.2, 0.25) is 0 Å². The van der Waals surface area contributed by atoms with Crippen LogP contribution in [0.4, 0.5) is 0 Å². The molecule has 1 heterocycles. The van der Waals surface area contributed by atoms with Gasteiger partial charge >= 0.3 is 0 Å². The Morgan fingerprint density at radius 2 is 2.18 bits per heavy atom. The smallest absolute Gasteiger partial charge is 0.243 e. The first-order valence-electron chi connectivity index (χ1n) is 5.54. The van der Waals surface area contributed by atoms with Gasteiger partial charge in [-0.25, -0.2) is 13.1 Å². The minimum Gasteiger partial charge on any atom is -0.303 e. The molecule has 0 aliphatic heterocycles. The Balaban J connectivity index is 2.55. The Morgan fingerprint density at radius 3 is 2.65 bits per heavy atom. The van der Waals surface area contributed by atoms with Gasteiger partial charge in [0, 0.05) is 19.1 Å². The van der Waals surface area contributed by atoms with E-state index in [1.165, 1.54) is 6.20 Å². The van der Waals surface area contributed by atoms with Gasteiger partial charge in [0.1, 0.15) is 4.90 Å². The van der Waals surface area contributed by atoms with Gasteiger partial charge in [-0.2, -0.15) is 5.10 Å². The Morgan fingerprint density at radius 1 is 1.53 bits per heavy atom. The van der Waals surface area contributed by atoms with Gasteiger partial charge in [0.25, 0.3) is 0 Å². The van der Waals surface area contributed by atoms with Crippen LogP contribution in [0.25, 0.3) is 0 Å². The maximum Gasteiger partial charge on any atom is 0.243 e. The van der Waals surface area contributed by atoms with Crippen LogP contribution in [-0.4, -0.2) is 49.7 Å². The number of nitrogens with zero attached hydrogens (tertiary/aromatic N) is 2. The summed E-state index contributed by atoms with van der Waals surface area (Å²) in [6.07, 6.45) is 1.32. The highest BCUT2D eigenvalue weighted by Crippen LogP contribution is 2.10. The molecule has 6 nitrogen and oxygen atoms in total. The van der Waals surface area contributed by atoms with E-state index >= 15 is 0 Å². The van der Waals surface area contributed by atoms with E-state index < -0.39 is 10.0 Å². The van der Waals surface area contributed by atoms with Crippen molar-refractivity contribution in [1.29, 1.82) is 0 Å². The summed E-state index contributed by atoms with van der Waals surface area (Å²) in [5.41, 5.74) is 0.551. The van der Waals surface area contributed by atoms with Gasteiger partial charge in [-0.05, 0) is 27.8 Å². The molecule has 2 N–H and O–H groups in total. The van der Waals surface area contributed by atoms with E-state index in [1.54, 1.807) is 6.92 Å². The van der Waals surface area contributed by atoms with Gasteiger partial charge in [0.2, 0.25) is 10.0 Å². The number of likely N-dealkylation sites (N-methyl/N-ethyl adjacent to an activating group) is 1. The zero-order chi connectivity index (χ0) is 13.1. The van der Waals surface area contributed by atoms with E-state index in [-0.39, 0.29) is 4.90 Å². The summed E-state index contributed by atoms with van der Waals surface area (Å²) in [6, 6.07) is 0.398. The molecule has 0 bridgehead atoms. The summed E-state index contributed by atoms with van der Waals surface area (Å²) >= 11 is 0. The third kappa shape index (κ3) is 3.79. The molecule has 0 saturated heterocycles. The van der Waals surface area contributed by atoms with Gasteiger partial charge in [-0.15, -0.1) is 0 Å². The third-order valence-electron chi connectivity index (χ3n) is 2.71. The topological polar surface area (TPSA) is 78.1 Å². The molecule has 0 aliphatic carbocycles. The van der Waals surface area contributed by atoms with Gasteiger partial charge < -0.3 is 4.90 Å². The molecule has 0 fully saturated rings. The van der Waals surface area contributed by atoms with Crippen LogP contribution in [0.3, 0.4) is 0 Å². The fourth-order valence-corrected chi connectivity index (χ4v) is 2.46. The minimum absolute atomic E-state index is 0.213. The molecule has 0 unspecified atom stereocenters. The molecule has 0 atom stereocenters. The van der Waals surface area contributed by atoms with Crippen LogP contribution in [-0.2, 0) is 10.0 Å². The quantitative estimate of drug-likeness (QED) is 0.773. The lowest BCUT2D eigenvalue weighted by molar-refractivity contribution is 0.278. The number of sulfonamides is 1. The van der Waals surface area contributed by atoms with Crippen LogP contribution in [0.1, 0.15) is 19.5 Å². The first-order valence-corrected chi connectivity index (χ1v) is 7.03. The number of aryl methyl sites for hydroxylation is 1. The molecule has 0 radical (unpaired) electrons. The first-order chi connectivity index (χ1) is 7.84. The monoisotopic (exact) mass is 260 g/mol. The Bertz CT molecular complexity index is 453. The highest BCUT2D eigenvalue weighted by molar-refractivity contribution is 7.89. The highest BCUT2D eigenvalue weighted by Gasteiger charge is 2.18. The van der Waals surface area contributed by atoms with E-state index in [1.807, 2.05) is 7.05 Å². The number of hydrogen-bond donors (Lipinski definition) is 2. The largest absolute Gasteiger partial charge is 0.303 e. The van der Waals surface area contributed by atoms with Gasteiger partial charge in [0.15, 0.2) is 0 Å². The van der Waals surface area contributed by atoms with E-state index in [2.05, 4.69) is 33.7 Å². The predicted molar refractivity (Wildman–Crippen MR) is 66.3 cm³/mol. The minimum atomic E-state index is -3.44. The van der Waals surface area contributed by atoms with Crippen molar-refractivity contribution < 1.29 is 8.42 Å². The van der Waals surface area contributed by atoms with Crippen LogP contribution < -0.4 is 4.72 Å². The van der Waals surface area contributed by atoms with Crippen molar-refractivity contribution in [2.75, 3.05) is 20.1 Å². The zero-order valence-corrected chi connectivity index (χ0v) is 11.5. The summed E-state index contributed by atoms with van der Waals surface area (Å²) in [7, 11) is -1.48. The summed E-state index contributed by atoms with van der Waals surface area (Å²) in [5, 5.41) is 6.32.